The van der Waals surface area contributed by atoms with Gasteiger partial charge in [0, 0.05) is 18.7 Å². The van der Waals surface area contributed by atoms with Gasteiger partial charge in [-0.05, 0) is 49.6 Å². The molecule has 2 aromatic rings. The van der Waals surface area contributed by atoms with Crippen LogP contribution in [-0.2, 0) is 26.2 Å². The Balaban J connectivity index is 2.48. The Morgan fingerprint density at radius 2 is 1.72 bits per heavy atom. The smallest absolute Gasteiger partial charge is 0.244 e. The summed E-state index contributed by atoms with van der Waals surface area (Å²) in [5, 5.41) is 3.45. The largest absolute Gasteiger partial charge is 0.354 e. The third kappa shape index (κ3) is 7.94. The minimum absolute atomic E-state index is 0.0128. The normalized spacial score (nSPS) is 12.1. The summed E-state index contributed by atoms with van der Waals surface area (Å²) in [4.78, 5) is 39.8. The molecule has 2 aromatic carbocycles. The Morgan fingerprint density at radius 3 is 2.28 bits per heavy atom. The third-order valence-corrected chi connectivity index (χ3v) is 7.37. The van der Waals surface area contributed by atoms with Crippen LogP contribution in [0, 0.1) is 0 Å². The van der Waals surface area contributed by atoms with Crippen LogP contribution in [0.15, 0.2) is 42.5 Å². The summed E-state index contributed by atoms with van der Waals surface area (Å²) in [7, 11) is -3.91. The quantitative estimate of drug-likeness (QED) is 0.393. The molecule has 0 fully saturated rings. The number of halogens is 2. The second kappa shape index (κ2) is 13.1. The molecular formula is C25H31Cl2N3O5S. The van der Waals surface area contributed by atoms with Crippen molar-refractivity contribution in [1.82, 2.24) is 10.2 Å². The van der Waals surface area contributed by atoms with E-state index < -0.39 is 28.5 Å². The molecule has 1 N–H and O–H groups in total. The van der Waals surface area contributed by atoms with Crippen LogP contribution in [0.5, 0.6) is 0 Å². The van der Waals surface area contributed by atoms with E-state index in [-0.39, 0.29) is 23.9 Å². The fraction of sp³-hybridized carbons (Fsp3) is 0.400. The van der Waals surface area contributed by atoms with E-state index in [1.165, 1.54) is 24.0 Å². The highest BCUT2D eigenvalue weighted by molar-refractivity contribution is 7.92. The number of nitrogens with one attached hydrogen (secondary N) is 1. The van der Waals surface area contributed by atoms with E-state index in [1.54, 1.807) is 37.3 Å². The second-order valence-corrected chi connectivity index (χ2v) is 11.1. The number of Topliss-reactive ketones (excluding diaryl/α,β-unsaturated/α-hetero) is 1. The zero-order chi connectivity index (χ0) is 27.0. The summed E-state index contributed by atoms with van der Waals surface area (Å²) in [6.45, 7) is 4.96. The average Bonchev–Trinajstić information content (AvgIpc) is 2.82. The first-order chi connectivity index (χ1) is 16.9. The van der Waals surface area contributed by atoms with Gasteiger partial charge in [-0.1, -0.05) is 55.2 Å². The van der Waals surface area contributed by atoms with E-state index in [0.717, 1.165) is 17.0 Å². The summed E-state index contributed by atoms with van der Waals surface area (Å²) in [5.74, 6) is -1.16. The van der Waals surface area contributed by atoms with Crippen molar-refractivity contribution in [3.05, 3.63) is 63.6 Å². The number of anilines is 1. The average molecular weight is 557 g/mol. The molecule has 0 aromatic heterocycles. The lowest BCUT2D eigenvalue weighted by molar-refractivity contribution is -0.140. The lowest BCUT2D eigenvalue weighted by atomic mass is 10.1. The number of nitrogens with zero attached hydrogens (tertiary/aromatic N) is 2. The first-order valence-corrected chi connectivity index (χ1v) is 14.1. The molecule has 0 spiro atoms. The summed E-state index contributed by atoms with van der Waals surface area (Å²) in [6.07, 6.45) is 2.01. The van der Waals surface area contributed by atoms with Crippen LogP contribution in [0.3, 0.4) is 0 Å². The monoisotopic (exact) mass is 555 g/mol. The van der Waals surface area contributed by atoms with E-state index in [9.17, 15) is 22.8 Å². The van der Waals surface area contributed by atoms with Crippen molar-refractivity contribution in [3.8, 4) is 0 Å². The van der Waals surface area contributed by atoms with Crippen molar-refractivity contribution in [2.24, 2.45) is 0 Å². The van der Waals surface area contributed by atoms with Gasteiger partial charge in [0.25, 0.3) is 0 Å². The van der Waals surface area contributed by atoms with E-state index in [4.69, 9.17) is 23.2 Å². The molecular weight excluding hydrogens is 525 g/mol. The standard InChI is InChI=1S/C25H31Cl2N3O5S/c1-5-12-28-25(33)23(6-2)29(15-18-10-11-21(26)22(27)13-18)24(32)16-30(36(4,34)35)20-9-7-8-19(14-20)17(3)31/h7-11,13-14,23H,5-6,12,15-16H2,1-4H3,(H,28,33). The van der Waals surface area contributed by atoms with Gasteiger partial charge in [-0.2, -0.15) is 0 Å². The van der Waals surface area contributed by atoms with E-state index in [0.29, 0.717) is 34.1 Å². The number of carbonyl (C=O) groups excluding carboxylic acids is 3. The molecule has 8 nitrogen and oxygen atoms in total. The van der Waals surface area contributed by atoms with Crippen LogP contribution < -0.4 is 9.62 Å². The first-order valence-electron chi connectivity index (χ1n) is 11.5. The van der Waals surface area contributed by atoms with E-state index in [2.05, 4.69) is 5.32 Å². The second-order valence-electron chi connectivity index (χ2n) is 8.36. The predicted molar refractivity (Wildman–Crippen MR) is 143 cm³/mol. The molecule has 1 unspecified atom stereocenters. The summed E-state index contributed by atoms with van der Waals surface area (Å²) in [5.41, 5.74) is 1.12. The molecule has 1 atom stereocenters. The minimum Gasteiger partial charge on any atom is -0.354 e. The molecule has 196 valence electrons. The Bertz CT molecular complexity index is 1220. The van der Waals surface area contributed by atoms with Gasteiger partial charge in [-0.25, -0.2) is 8.42 Å². The highest BCUT2D eigenvalue weighted by atomic mass is 35.5. The number of amides is 2. The van der Waals surface area contributed by atoms with Crippen LogP contribution in [0.1, 0.15) is 49.5 Å². The van der Waals surface area contributed by atoms with Gasteiger partial charge in [0.2, 0.25) is 21.8 Å². The molecule has 0 aliphatic carbocycles. The van der Waals surface area contributed by atoms with Gasteiger partial charge in [0.05, 0.1) is 22.0 Å². The Morgan fingerprint density at radius 1 is 1.03 bits per heavy atom. The van der Waals surface area contributed by atoms with Gasteiger partial charge in [-0.3, -0.25) is 18.7 Å². The van der Waals surface area contributed by atoms with Crippen molar-refractivity contribution in [3.63, 3.8) is 0 Å². The SMILES string of the molecule is CCCNC(=O)C(CC)N(Cc1ccc(Cl)c(Cl)c1)C(=O)CN(c1cccc(C(C)=O)c1)S(C)(=O)=O. The maximum atomic E-state index is 13.6. The molecule has 0 saturated carbocycles. The van der Waals surface area contributed by atoms with Gasteiger partial charge in [0.15, 0.2) is 5.78 Å². The first kappa shape index (κ1) is 29.6. The molecule has 0 radical (unpaired) electrons. The highest BCUT2D eigenvalue weighted by Gasteiger charge is 2.31. The van der Waals surface area contributed by atoms with Gasteiger partial charge < -0.3 is 10.2 Å². The fourth-order valence-corrected chi connectivity index (χ4v) is 4.78. The van der Waals surface area contributed by atoms with Crippen LogP contribution in [0.4, 0.5) is 5.69 Å². The fourth-order valence-electron chi connectivity index (χ4n) is 3.61. The lowest BCUT2D eigenvalue weighted by Gasteiger charge is -2.33. The van der Waals surface area contributed by atoms with Crippen LogP contribution in [0.25, 0.3) is 0 Å². The molecule has 0 aliphatic heterocycles. The lowest BCUT2D eigenvalue weighted by Crippen LogP contribution is -2.52. The number of hydrogen-bond acceptors (Lipinski definition) is 5. The number of ketones is 1. The van der Waals surface area contributed by atoms with E-state index >= 15 is 0 Å². The van der Waals surface area contributed by atoms with Crippen molar-refractivity contribution in [1.29, 1.82) is 0 Å². The summed E-state index contributed by atoms with van der Waals surface area (Å²) in [6, 6.07) is 10.1. The van der Waals surface area contributed by atoms with Crippen LogP contribution in [0.2, 0.25) is 10.0 Å². The number of hydrogen-bond donors (Lipinski definition) is 1. The molecule has 36 heavy (non-hydrogen) atoms. The molecule has 0 aliphatic rings. The van der Waals surface area contributed by atoms with Gasteiger partial charge in [-0.15, -0.1) is 0 Å². The Kier molecular flexibility index (Phi) is 10.8. The minimum atomic E-state index is -3.91. The maximum absolute atomic E-state index is 13.6. The Labute approximate surface area is 222 Å². The summed E-state index contributed by atoms with van der Waals surface area (Å²) >= 11 is 12.2. The van der Waals surface area contributed by atoms with Crippen LogP contribution >= 0.6 is 23.2 Å². The predicted octanol–water partition coefficient (Wildman–Crippen LogP) is 4.30. The van der Waals surface area contributed by atoms with Gasteiger partial charge in [0.1, 0.15) is 12.6 Å². The van der Waals surface area contributed by atoms with Crippen molar-refractivity contribution >= 4 is 56.5 Å². The summed E-state index contributed by atoms with van der Waals surface area (Å²) < 4.78 is 26.3. The molecule has 0 saturated heterocycles. The van der Waals surface area contributed by atoms with Crippen LogP contribution in [-0.4, -0.2) is 56.3 Å². The number of rotatable bonds is 12. The maximum Gasteiger partial charge on any atom is 0.244 e. The number of carbonyl (C=O) groups is 3. The van der Waals surface area contributed by atoms with Crippen molar-refractivity contribution < 1.29 is 22.8 Å². The molecule has 11 heteroatoms. The molecule has 0 bridgehead atoms. The zero-order valence-electron chi connectivity index (χ0n) is 20.8. The number of sulfonamides is 1. The topological polar surface area (TPSA) is 104 Å². The van der Waals surface area contributed by atoms with Gasteiger partial charge >= 0.3 is 0 Å². The molecule has 0 heterocycles. The van der Waals surface area contributed by atoms with Crippen molar-refractivity contribution in [2.75, 3.05) is 23.7 Å². The van der Waals surface area contributed by atoms with Crippen molar-refractivity contribution in [2.45, 2.75) is 46.2 Å². The highest BCUT2D eigenvalue weighted by Crippen LogP contribution is 2.25. The van der Waals surface area contributed by atoms with E-state index in [1.807, 2.05) is 6.92 Å². The zero-order valence-corrected chi connectivity index (χ0v) is 23.1. The third-order valence-electron chi connectivity index (χ3n) is 5.49. The number of benzene rings is 2. The Hall–Kier alpha value is -2.62. The molecule has 2 amide bonds. The molecule has 2 rings (SSSR count).